The van der Waals surface area contributed by atoms with Crippen LogP contribution in [-0.4, -0.2) is 26.0 Å². The Hall–Kier alpha value is -1.62. The van der Waals surface area contributed by atoms with Crippen molar-refractivity contribution in [2.24, 2.45) is 0 Å². The fourth-order valence-corrected chi connectivity index (χ4v) is 2.31. The molecule has 0 aliphatic heterocycles. The summed E-state index contributed by atoms with van der Waals surface area (Å²) in [4.78, 5) is 0. The molecular formula is C12H14N4S. The number of hydrogen-bond donors (Lipinski definition) is 0. The van der Waals surface area contributed by atoms with Crippen LogP contribution >= 0.6 is 11.8 Å². The zero-order valence-electron chi connectivity index (χ0n) is 9.71. The van der Waals surface area contributed by atoms with E-state index in [1.807, 2.05) is 37.3 Å². The van der Waals surface area contributed by atoms with Gasteiger partial charge in [-0.3, -0.25) is 0 Å². The molecule has 0 saturated heterocycles. The van der Waals surface area contributed by atoms with Gasteiger partial charge < -0.3 is 0 Å². The van der Waals surface area contributed by atoms with E-state index in [1.54, 1.807) is 16.4 Å². The van der Waals surface area contributed by atoms with Crippen LogP contribution in [0.25, 0.3) is 5.69 Å². The highest BCUT2D eigenvalue weighted by Crippen LogP contribution is 2.19. The molecule has 0 aliphatic rings. The second kappa shape index (κ2) is 5.63. The van der Waals surface area contributed by atoms with E-state index in [9.17, 15) is 0 Å². The SMILES string of the molecule is C=C(C)CCSc1nnnn1-c1ccccc1. The second-order valence-corrected chi connectivity index (χ2v) is 4.83. The first-order chi connectivity index (χ1) is 8.27. The molecule has 5 heteroatoms. The average Bonchev–Trinajstić information content (AvgIpc) is 2.78. The maximum absolute atomic E-state index is 4.02. The third-order valence-electron chi connectivity index (χ3n) is 2.20. The number of rotatable bonds is 5. The molecule has 1 aromatic heterocycles. The highest BCUT2D eigenvalue weighted by atomic mass is 32.2. The van der Waals surface area contributed by atoms with E-state index >= 15 is 0 Å². The molecular weight excluding hydrogens is 232 g/mol. The van der Waals surface area contributed by atoms with Gasteiger partial charge in [0.25, 0.3) is 0 Å². The number of nitrogens with zero attached hydrogens (tertiary/aromatic N) is 4. The normalized spacial score (nSPS) is 10.4. The van der Waals surface area contributed by atoms with Crippen molar-refractivity contribution in [3.63, 3.8) is 0 Å². The van der Waals surface area contributed by atoms with Gasteiger partial charge in [0.15, 0.2) is 0 Å². The zero-order valence-corrected chi connectivity index (χ0v) is 10.5. The molecule has 1 heterocycles. The number of benzene rings is 1. The van der Waals surface area contributed by atoms with Crippen LogP contribution in [0.15, 0.2) is 47.6 Å². The van der Waals surface area contributed by atoms with E-state index in [1.165, 1.54) is 5.57 Å². The summed E-state index contributed by atoms with van der Waals surface area (Å²) in [6, 6.07) is 9.89. The summed E-state index contributed by atoms with van der Waals surface area (Å²) in [6.07, 6.45) is 0.978. The van der Waals surface area contributed by atoms with E-state index in [0.29, 0.717) is 0 Å². The number of aromatic nitrogens is 4. The number of allylic oxidation sites excluding steroid dienone is 1. The molecule has 0 bridgehead atoms. The standard InChI is InChI=1S/C12H14N4S/c1-10(2)8-9-17-12-13-14-15-16(12)11-6-4-3-5-7-11/h3-7H,1,8-9H2,2H3. The molecule has 2 aromatic rings. The molecule has 0 atom stereocenters. The minimum Gasteiger partial charge on any atom is -0.188 e. The Labute approximate surface area is 105 Å². The van der Waals surface area contributed by atoms with E-state index in [4.69, 9.17) is 0 Å². The van der Waals surface area contributed by atoms with E-state index < -0.39 is 0 Å². The monoisotopic (exact) mass is 246 g/mol. The van der Waals surface area contributed by atoms with Gasteiger partial charge in [-0.15, -0.1) is 11.7 Å². The molecule has 0 radical (unpaired) electrons. The fourth-order valence-electron chi connectivity index (χ4n) is 1.32. The molecule has 0 fully saturated rings. The van der Waals surface area contributed by atoms with Crippen molar-refractivity contribution in [3.8, 4) is 5.69 Å². The minimum atomic E-state index is 0.817. The van der Waals surface area contributed by atoms with Gasteiger partial charge in [0, 0.05) is 5.75 Å². The van der Waals surface area contributed by atoms with Crippen LogP contribution in [0, 0.1) is 0 Å². The van der Waals surface area contributed by atoms with Gasteiger partial charge in [-0.25, -0.2) is 0 Å². The highest BCUT2D eigenvalue weighted by Gasteiger charge is 2.07. The Morgan fingerprint density at radius 3 is 2.82 bits per heavy atom. The average molecular weight is 246 g/mol. The van der Waals surface area contributed by atoms with Crippen LogP contribution < -0.4 is 0 Å². The summed E-state index contributed by atoms with van der Waals surface area (Å²) in [5, 5.41) is 12.6. The lowest BCUT2D eigenvalue weighted by molar-refractivity contribution is 0.756. The van der Waals surface area contributed by atoms with Gasteiger partial charge in [0.1, 0.15) is 0 Å². The first-order valence-electron chi connectivity index (χ1n) is 5.38. The highest BCUT2D eigenvalue weighted by molar-refractivity contribution is 7.99. The molecule has 0 unspecified atom stereocenters. The van der Waals surface area contributed by atoms with Crippen LogP contribution in [-0.2, 0) is 0 Å². The van der Waals surface area contributed by atoms with Crippen molar-refractivity contribution in [2.75, 3.05) is 5.75 Å². The van der Waals surface area contributed by atoms with Crippen molar-refractivity contribution in [3.05, 3.63) is 42.5 Å². The fraction of sp³-hybridized carbons (Fsp3) is 0.250. The Morgan fingerprint density at radius 2 is 2.12 bits per heavy atom. The Kier molecular flexibility index (Phi) is 3.93. The van der Waals surface area contributed by atoms with Crippen molar-refractivity contribution in [1.82, 2.24) is 20.2 Å². The van der Waals surface area contributed by atoms with Crippen molar-refractivity contribution < 1.29 is 0 Å². The van der Waals surface area contributed by atoms with Gasteiger partial charge in [-0.2, -0.15) is 4.68 Å². The summed E-state index contributed by atoms with van der Waals surface area (Å²) in [5.41, 5.74) is 2.16. The lowest BCUT2D eigenvalue weighted by atomic mass is 10.3. The molecule has 4 nitrogen and oxygen atoms in total. The number of thioether (sulfide) groups is 1. The number of tetrazole rings is 1. The van der Waals surface area contributed by atoms with Crippen LogP contribution in [0.1, 0.15) is 13.3 Å². The third kappa shape index (κ3) is 3.17. The molecule has 1 aromatic carbocycles. The minimum absolute atomic E-state index is 0.817. The predicted molar refractivity (Wildman–Crippen MR) is 69.3 cm³/mol. The van der Waals surface area contributed by atoms with E-state index in [2.05, 4.69) is 22.1 Å². The summed E-state index contributed by atoms with van der Waals surface area (Å²) in [6.45, 7) is 5.91. The molecule has 17 heavy (non-hydrogen) atoms. The largest absolute Gasteiger partial charge is 0.214 e. The van der Waals surface area contributed by atoms with Crippen molar-refractivity contribution >= 4 is 11.8 Å². The topological polar surface area (TPSA) is 43.6 Å². The quantitative estimate of drug-likeness (QED) is 0.601. The predicted octanol–water partition coefficient (Wildman–Crippen LogP) is 2.72. The van der Waals surface area contributed by atoms with E-state index in [0.717, 1.165) is 23.0 Å². The molecule has 0 saturated carbocycles. The van der Waals surface area contributed by atoms with Crippen molar-refractivity contribution in [2.45, 2.75) is 18.5 Å². The van der Waals surface area contributed by atoms with Crippen LogP contribution in [0.3, 0.4) is 0 Å². The molecule has 2 rings (SSSR count). The van der Waals surface area contributed by atoms with Crippen LogP contribution in [0.4, 0.5) is 0 Å². The van der Waals surface area contributed by atoms with Gasteiger partial charge in [0.05, 0.1) is 5.69 Å². The smallest absolute Gasteiger partial charge is 0.188 e. The first kappa shape index (κ1) is 11.9. The van der Waals surface area contributed by atoms with E-state index in [-0.39, 0.29) is 0 Å². The lowest BCUT2D eigenvalue weighted by Crippen LogP contribution is -1.98. The Balaban J connectivity index is 2.10. The van der Waals surface area contributed by atoms with Crippen LogP contribution in [0.5, 0.6) is 0 Å². The molecule has 0 aliphatic carbocycles. The lowest BCUT2D eigenvalue weighted by Gasteiger charge is -2.03. The zero-order chi connectivity index (χ0) is 12.1. The summed E-state index contributed by atoms with van der Waals surface area (Å²) < 4.78 is 1.75. The summed E-state index contributed by atoms with van der Waals surface area (Å²) in [5.74, 6) is 0.947. The van der Waals surface area contributed by atoms with Crippen LogP contribution in [0.2, 0.25) is 0 Å². The molecule has 0 N–H and O–H groups in total. The van der Waals surface area contributed by atoms with Crippen molar-refractivity contribution in [1.29, 1.82) is 0 Å². The number of hydrogen-bond acceptors (Lipinski definition) is 4. The number of para-hydroxylation sites is 1. The van der Waals surface area contributed by atoms with Gasteiger partial charge in [-0.1, -0.05) is 35.5 Å². The Bertz CT molecular complexity index is 492. The Morgan fingerprint density at radius 1 is 1.35 bits per heavy atom. The van der Waals surface area contributed by atoms with Gasteiger partial charge in [0.2, 0.25) is 5.16 Å². The molecule has 0 spiro atoms. The first-order valence-corrected chi connectivity index (χ1v) is 6.37. The maximum atomic E-state index is 4.02. The van der Waals surface area contributed by atoms with Gasteiger partial charge >= 0.3 is 0 Å². The second-order valence-electron chi connectivity index (χ2n) is 3.76. The summed E-state index contributed by atoms with van der Waals surface area (Å²) >= 11 is 1.64. The maximum Gasteiger partial charge on any atom is 0.214 e. The summed E-state index contributed by atoms with van der Waals surface area (Å²) in [7, 11) is 0. The van der Waals surface area contributed by atoms with Gasteiger partial charge in [-0.05, 0) is 35.9 Å². The molecule has 88 valence electrons. The third-order valence-corrected chi connectivity index (χ3v) is 3.12. The molecule has 0 amide bonds.